The quantitative estimate of drug-likeness (QED) is 0.518. The molecule has 1 heterocycles. The van der Waals surface area contributed by atoms with Gasteiger partial charge >= 0.3 is 11.9 Å². The molecule has 0 amide bonds. The van der Waals surface area contributed by atoms with Crippen LogP contribution >= 0.6 is 0 Å². The molecule has 0 spiro atoms. The van der Waals surface area contributed by atoms with Gasteiger partial charge in [-0.05, 0) is 44.4 Å². The number of aromatic carboxylic acids is 1. The number of benzene rings is 2. The van der Waals surface area contributed by atoms with Gasteiger partial charge in [0.1, 0.15) is 22.6 Å². The summed E-state index contributed by atoms with van der Waals surface area (Å²) in [5.74, 6) is -1.72. The number of phenols is 1. The molecule has 8 heteroatoms. The minimum atomic E-state index is -1.26. The number of nitrogens with one attached hydrogen (secondary N) is 1. The first-order chi connectivity index (χ1) is 13.8. The number of esters is 1. The van der Waals surface area contributed by atoms with E-state index in [9.17, 15) is 19.8 Å². The topological polar surface area (TPSA) is 114 Å². The Kier molecular flexibility index (Phi) is 4.58. The number of carboxylic acid groups (broad SMARTS) is 1. The molecule has 152 valence electrons. The van der Waals surface area contributed by atoms with Crippen molar-refractivity contribution < 1.29 is 34.0 Å². The molecular weight excluding hydrogens is 378 g/mol. The maximum Gasteiger partial charge on any atom is 0.347 e. The summed E-state index contributed by atoms with van der Waals surface area (Å²) in [6.07, 6.45) is 2.09. The van der Waals surface area contributed by atoms with Crippen molar-refractivity contribution in [2.45, 2.75) is 39.3 Å². The first kappa shape index (κ1) is 19.1. The lowest BCUT2D eigenvalue weighted by molar-refractivity contribution is 0.0685. The number of carbonyl (C=O) groups excluding carboxylic acids is 1. The zero-order chi connectivity index (χ0) is 20.9. The molecule has 0 atom stereocenters. The van der Waals surface area contributed by atoms with E-state index in [4.69, 9.17) is 14.2 Å². The van der Waals surface area contributed by atoms with E-state index in [1.165, 1.54) is 19.2 Å². The summed E-state index contributed by atoms with van der Waals surface area (Å²) >= 11 is 0. The molecule has 3 N–H and O–H groups in total. The van der Waals surface area contributed by atoms with Crippen molar-refractivity contribution in [3.8, 4) is 28.7 Å². The predicted octanol–water partition coefficient (Wildman–Crippen LogP) is 3.29. The van der Waals surface area contributed by atoms with Crippen LogP contribution in [-0.2, 0) is 6.54 Å². The van der Waals surface area contributed by atoms with Crippen LogP contribution in [0.15, 0.2) is 12.1 Å². The molecule has 2 aliphatic rings. The molecule has 0 unspecified atom stereocenters. The van der Waals surface area contributed by atoms with Gasteiger partial charge in [-0.1, -0.05) is 0 Å². The number of methoxy groups -OCH3 is 1. The number of phenolic OH excluding ortho intramolecular Hbond substituents is 1. The van der Waals surface area contributed by atoms with Gasteiger partial charge in [-0.3, -0.25) is 0 Å². The predicted molar refractivity (Wildman–Crippen MR) is 102 cm³/mol. The number of fused-ring (bicyclic) bond motifs is 2. The molecule has 0 aromatic heterocycles. The fourth-order valence-corrected chi connectivity index (χ4v) is 3.43. The normalized spacial score (nSPS) is 14.9. The van der Waals surface area contributed by atoms with Crippen molar-refractivity contribution in [2.75, 3.05) is 7.11 Å². The van der Waals surface area contributed by atoms with E-state index in [1.54, 1.807) is 13.8 Å². The third kappa shape index (κ3) is 3.25. The van der Waals surface area contributed by atoms with Crippen molar-refractivity contribution in [1.29, 1.82) is 0 Å². The van der Waals surface area contributed by atoms with E-state index < -0.39 is 11.9 Å². The molecule has 4 rings (SSSR count). The van der Waals surface area contributed by atoms with Crippen LogP contribution in [0.3, 0.4) is 0 Å². The average Bonchev–Trinajstić information content (AvgIpc) is 3.48. The number of aromatic hydroxyl groups is 1. The van der Waals surface area contributed by atoms with E-state index in [2.05, 4.69) is 5.32 Å². The van der Waals surface area contributed by atoms with Gasteiger partial charge in [0.25, 0.3) is 0 Å². The third-order valence-electron chi connectivity index (χ3n) is 5.19. The third-order valence-corrected chi connectivity index (χ3v) is 5.19. The molecule has 1 aliphatic carbocycles. The van der Waals surface area contributed by atoms with Crippen molar-refractivity contribution in [3.63, 3.8) is 0 Å². The Balaban J connectivity index is 1.93. The van der Waals surface area contributed by atoms with Crippen LogP contribution in [0.4, 0.5) is 0 Å². The summed E-state index contributed by atoms with van der Waals surface area (Å²) in [5.41, 5.74) is 1.23. The van der Waals surface area contributed by atoms with Gasteiger partial charge in [-0.15, -0.1) is 0 Å². The standard InChI is InChI=1S/C21H21NO7/c1-9-6-14(23)13(8-22-11-4-5-11)18-16(9)21(26)29-17-10(2)15(27-3)7-12(20(24)25)19(17)28-18/h6-7,11,22-23H,4-5,8H2,1-3H3,(H,24,25). The fourth-order valence-electron chi connectivity index (χ4n) is 3.43. The molecule has 1 fully saturated rings. The minimum absolute atomic E-state index is 0.0112. The minimum Gasteiger partial charge on any atom is -0.507 e. The van der Waals surface area contributed by atoms with Crippen LogP contribution in [0.25, 0.3) is 0 Å². The highest BCUT2D eigenvalue weighted by atomic mass is 16.6. The second-order valence-corrected chi connectivity index (χ2v) is 7.26. The van der Waals surface area contributed by atoms with Crippen LogP contribution < -0.4 is 19.5 Å². The van der Waals surface area contributed by atoms with Crippen molar-refractivity contribution >= 4 is 11.9 Å². The molecule has 0 bridgehead atoms. The Bertz CT molecular complexity index is 1040. The van der Waals surface area contributed by atoms with E-state index >= 15 is 0 Å². The summed E-state index contributed by atoms with van der Waals surface area (Å²) in [6, 6.07) is 3.17. The summed E-state index contributed by atoms with van der Waals surface area (Å²) in [6.45, 7) is 3.58. The first-order valence-corrected chi connectivity index (χ1v) is 9.25. The van der Waals surface area contributed by atoms with Gasteiger partial charge < -0.3 is 29.7 Å². The number of ether oxygens (including phenoxy) is 3. The number of hydrogen-bond donors (Lipinski definition) is 3. The zero-order valence-electron chi connectivity index (χ0n) is 16.3. The molecule has 8 nitrogen and oxygen atoms in total. The highest BCUT2D eigenvalue weighted by Gasteiger charge is 2.34. The van der Waals surface area contributed by atoms with Crippen LogP contribution in [0.1, 0.15) is 50.2 Å². The molecule has 2 aromatic rings. The van der Waals surface area contributed by atoms with Gasteiger partial charge in [0.15, 0.2) is 17.2 Å². The highest BCUT2D eigenvalue weighted by Crippen LogP contribution is 2.48. The number of carbonyl (C=O) groups is 2. The van der Waals surface area contributed by atoms with E-state index in [1.807, 2.05) is 0 Å². The van der Waals surface area contributed by atoms with Crippen molar-refractivity contribution in [3.05, 3.63) is 39.9 Å². The smallest absolute Gasteiger partial charge is 0.347 e. The Morgan fingerprint density at radius 1 is 1.21 bits per heavy atom. The van der Waals surface area contributed by atoms with Gasteiger partial charge in [-0.2, -0.15) is 0 Å². The van der Waals surface area contributed by atoms with E-state index in [0.717, 1.165) is 12.8 Å². The lowest BCUT2D eigenvalue weighted by Gasteiger charge is -2.17. The lowest BCUT2D eigenvalue weighted by Crippen LogP contribution is -2.17. The average molecular weight is 399 g/mol. The summed E-state index contributed by atoms with van der Waals surface area (Å²) in [4.78, 5) is 24.8. The van der Waals surface area contributed by atoms with E-state index in [0.29, 0.717) is 22.7 Å². The molecule has 1 saturated carbocycles. The Morgan fingerprint density at radius 2 is 1.93 bits per heavy atom. The number of carboxylic acids is 1. The van der Waals surface area contributed by atoms with Crippen LogP contribution in [0, 0.1) is 13.8 Å². The highest BCUT2D eigenvalue weighted by molar-refractivity contribution is 6.00. The molecule has 0 radical (unpaired) electrons. The maximum absolute atomic E-state index is 12.9. The second kappa shape index (κ2) is 6.97. The molecule has 1 aliphatic heterocycles. The fraction of sp³-hybridized carbons (Fsp3) is 0.333. The Hall–Kier alpha value is -3.26. The largest absolute Gasteiger partial charge is 0.507 e. The van der Waals surface area contributed by atoms with Crippen LogP contribution in [-0.4, -0.2) is 35.3 Å². The monoisotopic (exact) mass is 399 g/mol. The SMILES string of the molecule is COc1cc(C(=O)O)c2c(c1C)OC(=O)c1c(C)cc(O)c(CNC3CC3)c1O2. The number of hydrogen-bond acceptors (Lipinski definition) is 7. The van der Waals surface area contributed by atoms with Gasteiger partial charge in [0, 0.05) is 18.2 Å². The lowest BCUT2D eigenvalue weighted by atomic mass is 10.0. The van der Waals surface area contributed by atoms with Crippen LogP contribution in [0.2, 0.25) is 0 Å². The van der Waals surface area contributed by atoms with Gasteiger partial charge in [0.2, 0.25) is 0 Å². The Morgan fingerprint density at radius 3 is 2.55 bits per heavy atom. The molecular formula is C21H21NO7. The second-order valence-electron chi connectivity index (χ2n) is 7.26. The maximum atomic E-state index is 12.9. The van der Waals surface area contributed by atoms with Crippen molar-refractivity contribution in [2.24, 2.45) is 0 Å². The van der Waals surface area contributed by atoms with Gasteiger partial charge in [-0.25, -0.2) is 9.59 Å². The Labute approximate surface area is 167 Å². The number of rotatable bonds is 5. The van der Waals surface area contributed by atoms with Crippen molar-refractivity contribution in [1.82, 2.24) is 5.32 Å². The molecule has 2 aromatic carbocycles. The molecule has 0 saturated heterocycles. The molecule has 29 heavy (non-hydrogen) atoms. The summed E-state index contributed by atoms with van der Waals surface area (Å²) in [7, 11) is 1.40. The van der Waals surface area contributed by atoms with E-state index in [-0.39, 0.29) is 46.4 Å². The summed E-state index contributed by atoms with van der Waals surface area (Å²) < 4.78 is 16.8. The number of aryl methyl sites for hydroxylation is 1. The summed E-state index contributed by atoms with van der Waals surface area (Å²) in [5, 5.41) is 23.5. The first-order valence-electron chi connectivity index (χ1n) is 9.25. The van der Waals surface area contributed by atoms with Crippen LogP contribution in [0.5, 0.6) is 28.7 Å². The zero-order valence-corrected chi connectivity index (χ0v) is 16.3. The van der Waals surface area contributed by atoms with Gasteiger partial charge in [0.05, 0.1) is 12.7 Å².